The Hall–Kier alpha value is -4.11. The molecular formula is C29H32N4O5. The van der Waals surface area contributed by atoms with Gasteiger partial charge in [0, 0.05) is 58.4 Å². The number of aliphatic carboxylic acids is 1. The monoisotopic (exact) mass is 516 g/mol. The molecule has 0 unspecified atom stereocenters. The van der Waals surface area contributed by atoms with Gasteiger partial charge in [-0.15, -0.1) is 0 Å². The van der Waals surface area contributed by atoms with Crippen molar-refractivity contribution in [1.29, 1.82) is 0 Å². The Morgan fingerprint density at radius 2 is 1.74 bits per heavy atom. The maximum absolute atomic E-state index is 12.3. The minimum Gasteiger partial charge on any atom is -0.488 e. The highest BCUT2D eigenvalue weighted by Gasteiger charge is 2.22. The van der Waals surface area contributed by atoms with Crippen molar-refractivity contribution in [3.63, 3.8) is 0 Å². The topological polar surface area (TPSA) is 97.0 Å². The predicted molar refractivity (Wildman–Crippen MR) is 146 cm³/mol. The largest absolute Gasteiger partial charge is 0.488 e. The standard InChI is InChI=1S/C29H32N4O5/c1-30-26(18-27(34)31(2)29(30)37)33-14-12-32(13-15-33)11-5-8-23-22-7-4-3-6-21(22)19-38-25-10-9-20(16-24(23)25)17-28(35)36/h3-4,6-10,16,18H,5,11-15,17,19H2,1-2H3,(H,35,36)/b23-8-. The van der Waals surface area contributed by atoms with Crippen molar-refractivity contribution in [1.82, 2.24) is 14.0 Å². The van der Waals surface area contributed by atoms with Gasteiger partial charge in [0.1, 0.15) is 18.2 Å². The molecule has 1 fully saturated rings. The first-order chi connectivity index (χ1) is 18.3. The van der Waals surface area contributed by atoms with Gasteiger partial charge in [-0.25, -0.2) is 4.79 Å². The second-order valence-electron chi connectivity index (χ2n) is 9.82. The van der Waals surface area contributed by atoms with Gasteiger partial charge >= 0.3 is 11.7 Å². The Bertz CT molecular complexity index is 1510. The van der Waals surface area contributed by atoms with E-state index in [4.69, 9.17) is 4.74 Å². The number of ether oxygens (including phenoxy) is 1. The summed E-state index contributed by atoms with van der Waals surface area (Å²) in [4.78, 5) is 40.3. The van der Waals surface area contributed by atoms with Gasteiger partial charge in [-0.2, -0.15) is 0 Å². The Labute approximate surface area is 220 Å². The molecule has 2 aliphatic heterocycles. The minimum atomic E-state index is -0.861. The summed E-state index contributed by atoms with van der Waals surface area (Å²) in [7, 11) is 3.19. The summed E-state index contributed by atoms with van der Waals surface area (Å²) in [6.45, 7) is 4.44. The lowest BCUT2D eigenvalue weighted by Gasteiger charge is -2.36. The first-order valence-electron chi connectivity index (χ1n) is 12.8. The second-order valence-corrected chi connectivity index (χ2v) is 9.82. The van der Waals surface area contributed by atoms with Crippen molar-refractivity contribution >= 4 is 17.4 Å². The van der Waals surface area contributed by atoms with Gasteiger partial charge in [-0.3, -0.25) is 23.6 Å². The zero-order chi connectivity index (χ0) is 26.8. The van der Waals surface area contributed by atoms with Crippen molar-refractivity contribution in [2.45, 2.75) is 19.4 Å². The molecule has 0 spiro atoms. The molecule has 1 N–H and O–H groups in total. The Kier molecular flexibility index (Phi) is 7.20. The molecule has 5 rings (SSSR count). The summed E-state index contributed by atoms with van der Waals surface area (Å²) in [5.41, 5.74) is 4.32. The number of hydrogen-bond acceptors (Lipinski definition) is 6. The van der Waals surface area contributed by atoms with E-state index >= 15 is 0 Å². The average molecular weight is 517 g/mol. The quantitative estimate of drug-likeness (QED) is 0.537. The van der Waals surface area contributed by atoms with Crippen LogP contribution in [0.25, 0.3) is 5.57 Å². The highest BCUT2D eigenvalue weighted by atomic mass is 16.5. The lowest BCUT2D eigenvalue weighted by atomic mass is 9.92. The maximum atomic E-state index is 12.3. The molecule has 38 heavy (non-hydrogen) atoms. The molecule has 9 heteroatoms. The van der Waals surface area contributed by atoms with Crippen LogP contribution in [0.4, 0.5) is 5.82 Å². The average Bonchev–Trinajstić information content (AvgIpc) is 3.06. The number of piperazine rings is 1. The maximum Gasteiger partial charge on any atom is 0.332 e. The molecule has 0 radical (unpaired) electrons. The molecule has 2 aliphatic rings. The normalized spacial score (nSPS) is 16.5. The first-order valence-corrected chi connectivity index (χ1v) is 12.8. The summed E-state index contributed by atoms with van der Waals surface area (Å²) < 4.78 is 8.75. The van der Waals surface area contributed by atoms with Crippen LogP contribution >= 0.6 is 0 Å². The summed E-state index contributed by atoms with van der Waals surface area (Å²) in [5, 5.41) is 9.29. The summed E-state index contributed by atoms with van der Waals surface area (Å²) in [5.74, 6) is 0.555. The van der Waals surface area contributed by atoms with Crippen LogP contribution in [0, 0.1) is 0 Å². The third-order valence-corrected chi connectivity index (χ3v) is 7.37. The van der Waals surface area contributed by atoms with E-state index < -0.39 is 5.97 Å². The van der Waals surface area contributed by atoms with Crippen molar-refractivity contribution < 1.29 is 14.6 Å². The van der Waals surface area contributed by atoms with E-state index in [1.165, 1.54) is 17.7 Å². The third kappa shape index (κ3) is 5.15. The van der Waals surface area contributed by atoms with Gasteiger partial charge in [0.05, 0.1) is 6.42 Å². The number of carboxylic acid groups (broad SMARTS) is 1. The highest BCUT2D eigenvalue weighted by Crippen LogP contribution is 2.37. The van der Waals surface area contributed by atoms with Crippen molar-refractivity contribution in [2.24, 2.45) is 14.1 Å². The fourth-order valence-electron chi connectivity index (χ4n) is 5.24. The van der Waals surface area contributed by atoms with E-state index in [1.807, 2.05) is 30.3 Å². The first kappa shape index (κ1) is 25.5. The van der Waals surface area contributed by atoms with Crippen molar-refractivity contribution in [3.8, 4) is 5.75 Å². The van der Waals surface area contributed by atoms with E-state index in [1.54, 1.807) is 7.05 Å². The fourth-order valence-corrected chi connectivity index (χ4v) is 5.24. The van der Waals surface area contributed by atoms with Crippen molar-refractivity contribution in [3.05, 3.63) is 97.7 Å². The fraction of sp³-hybridized carbons (Fsp3) is 0.345. The second kappa shape index (κ2) is 10.7. The van der Waals surface area contributed by atoms with Gasteiger partial charge in [-0.05, 0) is 40.8 Å². The van der Waals surface area contributed by atoms with Crippen LogP contribution in [0.15, 0.2) is 64.2 Å². The van der Waals surface area contributed by atoms with Crippen LogP contribution in [0.2, 0.25) is 0 Å². The molecule has 0 bridgehead atoms. The number of benzene rings is 2. The number of rotatable bonds is 6. The van der Waals surface area contributed by atoms with Crippen molar-refractivity contribution in [2.75, 3.05) is 37.6 Å². The van der Waals surface area contributed by atoms with Gasteiger partial charge in [0.25, 0.3) is 5.56 Å². The Morgan fingerprint density at radius 1 is 0.974 bits per heavy atom. The SMILES string of the molecule is Cn1c(N2CCN(CC/C=C3/c4ccccc4COc4ccc(CC(=O)O)cc43)CC2)cc(=O)n(C)c1=O. The number of anilines is 1. The molecule has 1 aromatic heterocycles. The smallest absolute Gasteiger partial charge is 0.332 e. The number of carbonyl (C=O) groups is 1. The van der Waals surface area contributed by atoms with Crippen LogP contribution in [0.1, 0.15) is 28.7 Å². The molecule has 3 heterocycles. The van der Waals surface area contributed by atoms with Gasteiger partial charge in [-0.1, -0.05) is 36.4 Å². The number of carboxylic acids is 1. The van der Waals surface area contributed by atoms with Gasteiger partial charge in [0.15, 0.2) is 0 Å². The van der Waals surface area contributed by atoms with Crippen LogP contribution < -0.4 is 20.9 Å². The van der Waals surface area contributed by atoms with Gasteiger partial charge in [0.2, 0.25) is 0 Å². The minimum absolute atomic E-state index is 0.0361. The number of hydrogen-bond donors (Lipinski definition) is 1. The zero-order valence-corrected chi connectivity index (χ0v) is 21.7. The van der Waals surface area contributed by atoms with E-state index in [9.17, 15) is 19.5 Å². The van der Waals surface area contributed by atoms with E-state index in [2.05, 4.69) is 28.0 Å². The third-order valence-electron chi connectivity index (χ3n) is 7.37. The molecular weight excluding hydrogens is 484 g/mol. The van der Waals surface area contributed by atoms with Crippen LogP contribution in [-0.2, 0) is 31.9 Å². The highest BCUT2D eigenvalue weighted by molar-refractivity contribution is 5.85. The van der Waals surface area contributed by atoms with E-state index in [0.29, 0.717) is 12.4 Å². The molecule has 0 amide bonds. The number of fused-ring (bicyclic) bond motifs is 2. The summed E-state index contributed by atoms with van der Waals surface area (Å²) in [6, 6.07) is 15.3. The zero-order valence-electron chi connectivity index (χ0n) is 21.7. The molecule has 0 atom stereocenters. The van der Waals surface area contributed by atoms with Crippen LogP contribution in [0.3, 0.4) is 0 Å². The van der Waals surface area contributed by atoms with E-state index in [-0.39, 0.29) is 17.7 Å². The summed E-state index contributed by atoms with van der Waals surface area (Å²) in [6.07, 6.45) is 3.01. The molecule has 9 nitrogen and oxygen atoms in total. The molecule has 0 saturated carbocycles. The summed E-state index contributed by atoms with van der Waals surface area (Å²) >= 11 is 0. The van der Waals surface area contributed by atoms with Crippen LogP contribution in [-0.4, -0.2) is 57.8 Å². The van der Waals surface area contributed by atoms with Crippen LogP contribution in [0.5, 0.6) is 5.75 Å². The molecule has 2 aromatic carbocycles. The molecule has 198 valence electrons. The predicted octanol–water partition coefficient (Wildman–Crippen LogP) is 2.25. The molecule has 0 aliphatic carbocycles. The molecule has 1 saturated heterocycles. The van der Waals surface area contributed by atoms with E-state index in [0.717, 1.165) is 77.3 Å². The number of aromatic nitrogens is 2. The Balaban J connectivity index is 1.32. The molecule has 3 aromatic rings. The Morgan fingerprint density at radius 3 is 2.50 bits per heavy atom. The lowest BCUT2D eigenvalue weighted by Crippen LogP contribution is -2.49. The van der Waals surface area contributed by atoms with Gasteiger partial charge < -0.3 is 14.7 Å². The lowest BCUT2D eigenvalue weighted by molar-refractivity contribution is -0.136. The number of nitrogens with zero attached hydrogens (tertiary/aromatic N) is 4.